The molecular weight excluding hydrogens is 292 g/mol. The van der Waals surface area contributed by atoms with E-state index in [4.69, 9.17) is 4.42 Å². The van der Waals surface area contributed by atoms with Crippen molar-refractivity contribution in [3.05, 3.63) is 42.6 Å². The quantitative estimate of drug-likeness (QED) is 0.889. The number of hydrogen-bond acceptors (Lipinski definition) is 4. The van der Waals surface area contributed by atoms with Crippen molar-refractivity contribution >= 4 is 5.91 Å². The van der Waals surface area contributed by atoms with E-state index in [2.05, 4.69) is 15.3 Å². The van der Waals surface area contributed by atoms with Crippen LogP contribution in [0.1, 0.15) is 44.0 Å². The normalized spacial score (nSPS) is 18.5. The van der Waals surface area contributed by atoms with Crippen molar-refractivity contribution in [3.63, 3.8) is 0 Å². The maximum Gasteiger partial charge on any atom is 0.244 e. The first kappa shape index (κ1) is 15.8. The van der Waals surface area contributed by atoms with E-state index >= 15 is 0 Å². The third kappa shape index (κ3) is 3.82. The van der Waals surface area contributed by atoms with Gasteiger partial charge in [-0.05, 0) is 51.1 Å². The summed E-state index contributed by atoms with van der Waals surface area (Å²) in [5.74, 6) is 0.890. The first-order chi connectivity index (χ1) is 11.3. The molecule has 0 radical (unpaired) electrons. The number of hydrogen-bond donors (Lipinski definition) is 1. The molecule has 1 aliphatic rings. The number of nitrogens with one attached hydrogen (secondary N) is 1. The Balaban J connectivity index is 1.63. The lowest BCUT2D eigenvalue weighted by atomic mass is 10.1. The van der Waals surface area contributed by atoms with Crippen molar-refractivity contribution in [3.8, 4) is 0 Å². The molecule has 6 heteroatoms. The molecule has 3 heterocycles. The molecule has 1 fully saturated rings. The maximum absolute atomic E-state index is 12.4. The number of nitrogens with zero attached hydrogens (tertiary/aromatic N) is 3. The van der Waals surface area contributed by atoms with Gasteiger partial charge in [-0.1, -0.05) is 6.42 Å². The second kappa shape index (κ2) is 7.46. The second-order valence-electron chi connectivity index (χ2n) is 6.04. The van der Waals surface area contributed by atoms with E-state index in [1.807, 2.05) is 25.1 Å². The summed E-state index contributed by atoms with van der Waals surface area (Å²) in [6.45, 7) is 4.51. The Morgan fingerprint density at radius 1 is 1.35 bits per heavy atom. The average Bonchev–Trinajstić information content (AvgIpc) is 3.29. The van der Waals surface area contributed by atoms with Crippen LogP contribution in [0.4, 0.5) is 0 Å². The van der Waals surface area contributed by atoms with Crippen molar-refractivity contribution < 1.29 is 9.21 Å². The van der Waals surface area contributed by atoms with Crippen LogP contribution in [-0.2, 0) is 4.79 Å². The molecule has 2 aromatic rings. The van der Waals surface area contributed by atoms with Gasteiger partial charge in [-0.3, -0.25) is 14.4 Å². The number of aromatic nitrogens is 2. The van der Waals surface area contributed by atoms with Gasteiger partial charge in [0.15, 0.2) is 0 Å². The largest absolute Gasteiger partial charge is 0.468 e. The third-order valence-electron chi connectivity index (χ3n) is 4.47. The minimum Gasteiger partial charge on any atom is -0.468 e. The van der Waals surface area contributed by atoms with E-state index in [9.17, 15) is 4.79 Å². The molecule has 0 spiro atoms. The van der Waals surface area contributed by atoms with Gasteiger partial charge in [-0.2, -0.15) is 5.10 Å². The number of likely N-dealkylation sites (tertiary alicyclic amines) is 1. The molecule has 0 unspecified atom stereocenters. The van der Waals surface area contributed by atoms with E-state index in [1.165, 1.54) is 19.3 Å². The fourth-order valence-corrected chi connectivity index (χ4v) is 3.10. The lowest BCUT2D eigenvalue weighted by Crippen LogP contribution is -2.42. The number of furan rings is 1. The van der Waals surface area contributed by atoms with E-state index in [0.29, 0.717) is 6.54 Å². The Morgan fingerprint density at radius 3 is 2.83 bits per heavy atom. The fraction of sp³-hybridized carbons (Fsp3) is 0.529. The van der Waals surface area contributed by atoms with Crippen LogP contribution >= 0.6 is 0 Å². The minimum absolute atomic E-state index is 0.0257. The molecule has 0 saturated carbocycles. The van der Waals surface area contributed by atoms with Crippen molar-refractivity contribution in [1.29, 1.82) is 0 Å². The van der Waals surface area contributed by atoms with Crippen LogP contribution in [0.2, 0.25) is 0 Å². The number of rotatable bonds is 6. The minimum atomic E-state index is -0.316. The van der Waals surface area contributed by atoms with Gasteiger partial charge in [0.2, 0.25) is 5.91 Å². The van der Waals surface area contributed by atoms with E-state index < -0.39 is 0 Å². The van der Waals surface area contributed by atoms with Crippen LogP contribution in [0.3, 0.4) is 0 Å². The second-order valence-corrected chi connectivity index (χ2v) is 6.04. The van der Waals surface area contributed by atoms with Crippen LogP contribution in [-0.4, -0.2) is 40.2 Å². The summed E-state index contributed by atoms with van der Waals surface area (Å²) >= 11 is 0. The lowest BCUT2D eigenvalue weighted by Gasteiger charge is -2.33. The van der Waals surface area contributed by atoms with Crippen LogP contribution in [0.5, 0.6) is 0 Å². The smallest absolute Gasteiger partial charge is 0.244 e. The van der Waals surface area contributed by atoms with Crippen LogP contribution in [0.25, 0.3) is 0 Å². The molecule has 1 saturated heterocycles. The predicted octanol–water partition coefficient (Wildman–Crippen LogP) is 2.38. The highest BCUT2D eigenvalue weighted by Crippen LogP contribution is 2.24. The summed E-state index contributed by atoms with van der Waals surface area (Å²) in [5, 5.41) is 7.19. The Morgan fingerprint density at radius 2 is 2.17 bits per heavy atom. The highest BCUT2D eigenvalue weighted by Gasteiger charge is 2.26. The average molecular weight is 316 g/mol. The third-order valence-corrected chi connectivity index (χ3v) is 4.47. The summed E-state index contributed by atoms with van der Waals surface area (Å²) in [6, 6.07) is 5.49. The van der Waals surface area contributed by atoms with Gasteiger partial charge in [-0.15, -0.1) is 0 Å². The molecule has 6 nitrogen and oxygen atoms in total. The molecule has 2 aromatic heterocycles. The van der Waals surface area contributed by atoms with Gasteiger partial charge in [0, 0.05) is 18.9 Å². The van der Waals surface area contributed by atoms with Gasteiger partial charge in [0.05, 0.1) is 12.3 Å². The fourth-order valence-electron chi connectivity index (χ4n) is 3.10. The van der Waals surface area contributed by atoms with E-state index in [1.54, 1.807) is 23.3 Å². The molecule has 124 valence electrons. The topological polar surface area (TPSA) is 63.3 Å². The van der Waals surface area contributed by atoms with Gasteiger partial charge in [-0.25, -0.2) is 0 Å². The molecule has 0 aromatic carbocycles. The summed E-state index contributed by atoms with van der Waals surface area (Å²) in [4.78, 5) is 14.8. The first-order valence-corrected chi connectivity index (χ1v) is 8.30. The molecule has 23 heavy (non-hydrogen) atoms. The SMILES string of the molecule is C[C@@H](C(=O)NC[C@@H](c1ccco1)N1CCCCC1)n1cccn1. The summed E-state index contributed by atoms with van der Waals surface area (Å²) in [5.41, 5.74) is 0. The van der Waals surface area contributed by atoms with Gasteiger partial charge < -0.3 is 9.73 Å². The van der Waals surface area contributed by atoms with E-state index in [0.717, 1.165) is 18.8 Å². The summed E-state index contributed by atoms with van der Waals surface area (Å²) in [6.07, 6.45) is 8.87. The van der Waals surface area contributed by atoms with Crippen molar-refractivity contribution in [2.45, 2.75) is 38.3 Å². The highest BCUT2D eigenvalue weighted by atomic mass is 16.3. The van der Waals surface area contributed by atoms with Gasteiger partial charge in [0.25, 0.3) is 0 Å². The maximum atomic E-state index is 12.4. The molecule has 2 atom stereocenters. The van der Waals surface area contributed by atoms with Crippen LogP contribution < -0.4 is 5.32 Å². The zero-order valence-corrected chi connectivity index (χ0v) is 13.5. The zero-order chi connectivity index (χ0) is 16.1. The molecule has 0 aliphatic carbocycles. The molecule has 1 N–H and O–H groups in total. The Kier molecular flexibility index (Phi) is 5.12. The standard InChI is InChI=1S/C17H24N4O2/c1-14(21-11-6-8-19-21)17(22)18-13-15(16-7-5-12-23-16)20-9-3-2-4-10-20/h5-8,11-12,14-15H,2-4,9-10,13H2,1H3,(H,18,22)/t14-,15-/m0/s1. The Bertz CT molecular complexity index is 588. The molecular formula is C17H24N4O2. The van der Waals surface area contributed by atoms with Gasteiger partial charge in [0.1, 0.15) is 11.8 Å². The van der Waals surface area contributed by atoms with Crippen molar-refractivity contribution in [2.75, 3.05) is 19.6 Å². The number of amides is 1. The first-order valence-electron chi connectivity index (χ1n) is 8.30. The van der Waals surface area contributed by atoms with Crippen molar-refractivity contribution in [1.82, 2.24) is 20.0 Å². The van der Waals surface area contributed by atoms with Crippen molar-refractivity contribution in [2.24, 2.45) is 0 Å². The molecule has 1 aliphatic heterocycles. The number of piperidine rings is 1. The van der Waals surface area contributed by atoms with Crippen LogP contribution in [0, 0.1) is 0 Å². The zero-order valence-electron chi connectivity index (χ0n) is 13.5. The van der Waals surface area contributed by atoms with Crippen LogP contribution in [0.15, 0.2) is 41.3 Å². The lowest BCUT2D eigenvalue weighted by molar-refractivity contribution is -0.124. The Labute approximate surface area is 136 Å². The van der Waals surface area contributed by atoms with E-state index in [-0.39, 0.29) is 18.0 Å². The number of carbonyl (C=O) groups is 1. The number of carbonyl (C=O) groups excluding carboxylic acids is 1. The predicted molar refractivity (Wildman–Crippen MR) is 86.8 cm³/mol. The summed E-state index contributed by atoms with van der Waals surface area (Å²) < 4.78 is 7.27. The molecule has 0 bridgehead atoms. The summed E-state index contributed by atoms with van der Waals surface area (Å²) in [7, 11) is 0. The monoisotopic (exact) mass is 316 g/mol. The van der Waals surface area contributed by atoms with Gasteiger partial charge >= 0.3 is 0 Å². The Hall–Kier alpha value is -2.08. The molecule has 1 amide bonds. The highest BCUT2D eigenvalue weighted by molar-refractivity contribution is 5.79. The molecule has 3 rings (SSSR count).